The Balaban J connectivity index is 3.19. The van der Waals surface area contributed by atoms with Gasteiger partial charge in [-0.1, -0.05) is 11.6 Å². The molecule has 0 aliphatic carbocycles. The fraction of sp³-hybridized carbons (Fsp3) is 0.538. The molecule has 108 valence electrons. The number of aliphatic hydroxyl groups is 1. The van der Waals surface area contributed by atoms with Crippen molar-refractivity contribution in [1.29, 1.82) is 0 Å². The standard InChI is InChI=1S/C13H20ClNO3S/c1-10(2)15(7-4-8-16)19(17,18)13-6-5-12(14)9-11(13)3/h5-6,9-10,16H,4,7-8H2,1-3H3. The number of benzene rings is 1. The molecule has 0 saturated heterocycles. The molecule has 1 rings (SSSR count). The van der Waals surface area contributed by atoms with E-state index in [1.54, 1.807) is 19.1 Å². The average Bonchev–Trinajstić information content (AvgIpc) is 2.27. The van der Waals surface area contributed by atoms with E-state index >= 15 is 0 Å². The second-order valence-electron chi connectivity index (χ2n) is 4.70. The quantitative estimate of drug-likeness (QED) is 0.878. The zero-order valence-electron chi connectivity index (χ0n) is 11.4. The van der Waals surface area contributed by atoms with Crippen LogP contribution in [-0.2, 0) is 10.0 Å². The Bertz CT molecular complexity index is 529. The highest BCUT2D eigenvalue weighted by Crippen LogP contribution is 2.24. The molecule has 0 aromatic heterocycles. The Morgan fingerprint density at radius 2 is 2.00 bits per heavy atom. The number of hydrogen-bond acceptors (Lipinski definition) is 3. The predicted octanol–water partition coefficient (Wildman–Crippen LogP) is 2.43. The fourth-order valence-electron chi connectivity index (χ4n) is 1.91. The van der Waals surface area contributed by atoms with Gasteiger partial charge in [0.2, 0.25) is 10.0 Å². The van der Waals surface area contributed by atoms with Gasteiger partial charge >= 0.3 is 0 Å². The van der Waals surface area contributed by atoms with Crippen LogP contribution in [-0.4, -0.2) is 37.0 Å². The number of nitrogens with zero attached hydrogens (tertiary/aromatic N) is 1. The third-order valence-electron chi connectivity index (χ3n) is 2.84. The Kier molecular flexibility index (Phi) is 5.80. The van der Waals surface area contributed by atoms with Crippen molar-refractivity contribution in [3.05, 3.63) is 28.8 Å². The molecular weight excluding hydrogens is 286 g/mol. The van der Waals surface area contributed by atoms with E-state index in [2.05, 4.69) is 0 Å². The highest BCUT2D eigenvalue weighted by molar-refractivity contribution is 7.89. The second-order valence-corrected chi connectivity index (χ2v) is 6.99. The molecule has 0 heterocycles. The van der Waals surface area contributed by atoms with Crippen molar-refractivity contribution in [3.8, 4) is 0 Å². The Hall–Kier alpha value is -0.620. The molecule has 0 saturated carbocycles. The van der Waals surface area contributed by atoms with Gasteiger partial charge in [-0.2, -0.15) is 4.31 Å². The molecule has 0 radical (unpaired) electrons. The highest BCUT2D eigenvalue weighted by Gasteiger charge is 2.27. The van der Waals surface area contributed by atoms with Gasteiger partial charge in [-0.15, -0.1) is 0 Å². The van der Waals surface area contributed by atoms with Crippen molar-refractivity contribution >= 4 is 21.6 Å². The highest BCUT2D eigenvalue weighted by atomic mass is 35.5. The van der Waals surface area contributed by atoms with E-state index in [1.165, 1.54) is 10.4 Å². The normalized spacial score (nSPS) is 12.4. The first kappa shape index (κ1) is 16.4. The van der Waals surface area contributed by atoms with E-state index in [0.717, 1.165) is 0 Å². The molecule has 0 amide bonds. The van der Waals surface area contributed by atoms with E-state index < -0.39 is 10.0 Å². The third kappa shape index (κ3) is 3.92. The third-order valence-corrected chi connectivity index (χ3v) is 5.31. The van der Waals surface area contributed by atoms with Crippen LogP contribution in [0.4, 0.5) is 0 Å². The summed E-state index contributed by atoms with van der Waals surface area (Å²) < 4.78 is 26.6. The van der Waals surface area contributed by atoms with Crippen LogP contribution >= 0.6 is 11.6 Å². The van der Waals surface area contributed by atoms with E-state index in [1.807, 2.05) is 13.8 Å². The molecule has 6 heteroatoms. The Morgan fingerprint density at radius 3 is 2.47 bits per heavy atom. The van der Waals surface area contributed by atoms with Crippen molar-refractivity contribution in [3.63, 3.8) is 0 Å². The molecule has 0 spiro atoms. The van der Waals surface area contributed by atoms with Crippen molar-refractivity contribution < 1.29 is 13.5 Å². The molecule has 1 N–H and O–H groups in total. The average molecular weight is 306 g/mol. The molecule has 0 aliphatic heterocycles. The second kappa shape index (κ2) is 6.70. The summed E-state index contributed by atoms with van der Waals surface area (Å²) in [5.74, 6) is 0. The van der Waals surface area contributed by atoms with Crippen LogP contribution in [0.5, 0.6) is 0 Å². The number of halogens is 1. The summed E-state index contributed by atoms with van der Waals surface area (Å²) >= 11 is 5.85. The monoisotopic (exact) mass is 305 g/mol. The smallest absolute Gasteiger partial charge is 0.243 e. The largest absolute Gasteiger partial charge is 0.396 e. The molecule has 0 bridgehead atoms. The van der Waals surface area contributed by atoms with Gasteiger partial charge in [-0.3, -0.25) is 0 Å². The molecule has 4 nitrogen and oxygen atoms in total. The van der Waals surface area contributed by atoms with E-state index in [0.29, 0.717) is 23.6 Å². The number of rotatable bonds is 6. The van der Waals surface area contributed by atoms with Crippen molar-refractivity contribution in [1.82, 2.24) is 4.31 Å². The first-order chi connectivity index (χ1) is 8.80. The van der Waals surface area contributed by atoms with Gasteiger partial charge in [-0.25, -0.2) is 8.42 Å². The Morgan fingerprint density at radius 1 is 1.37 bits per heavy atom. The zero-order valence-corrected chi connectivity index (χ0v) is 13.0. The number of hydrogen-bond donors (Lipinski definition) is 1. The summed E-state index contributed by atoms with van der Waals surface area (Å²) in [6, 6.07) is 4.58. The maximum Gasteiger partial charge on any atom is 0.243 e. The molecule has 19 heavy (non-hydrogen) atoms. The number of sulfonamides is 1. The van der Waals surface area contributed by atoms with Gasteiger partial charge < -0.3 is 5.11 Å². The topological polar surface area (TPSA) is 57.6 Å². The number of aryl methyl sites for hydroxylation is 1. The summed E-state index contributed by atoms with van der Waals surface area (Å²) in [7, 11) is -3.56. The van der Waals surface area contributed by atoms with Gasteiger partial charge in [0.1, 0.15) is 0 Å². The lowest BCUT2D eigenvalue weighted by Gasteiger charge is -2.26. The molecule has 0 unspecified atom stereocenters. The van der Waals surface area contributed by atoms with Crippen molar-refractivity contribution in [2.24, 2.45) is 0 Å². The summed E-state index contributed by atoms with van der Waals surface area (Å²) in [5, 5.41) is 9.40. The zero-order chi connectivity index (χ0) is 14.6. The lowest BCUT2D eigenvalue weighted by atomic mass is 10.2. The predicted molar refractivity (Wildman–Crippen MR) is 76.9 cm³/mol. The van der Waals surface area contributed by atoms with Gasteiger partial charge in [0.05, 0.1) is 4.90 Å². The molecule has 1 aromatic rings. The summed E-state index contributed by atoms with van der Waals surface area (Å²) in [5.41, 5.74) is 0.627. The molecular formula is C13H20ClNO3S. The Labute approximate surface area is 120 Å². The summed E-state index contributed by atoms with van der Waals surface area (Å²) in [6.45, 7) is 5.64. The minimum atomic E-state index is -3.56. The van der Waals surface area contributed by atoms with Crippen LogP contribution in [0.15, 0.2) is 23.1 Å². The van der Waals surface area contributed by atoms with Crippen LogP contribution < -0.4 is 0 Å². The van der Waals surface area contributed by atoms with E-state index in [9.17, 15) is 8.42 Å². The lowest BCUT2D eigenvalue weighted by Crippen LogP contribution is -2.38. The minimum Gasteiger partial charge on any atom is -0.396 e. The maximum atomic E-state index is 12.6. The van der Waals surface area contributed by atoms with Crippen LogP contribution in [0.3, 0.4) is 0 Å². The van der Waals surface area contributed by atoms with Crippen molar-refractivity contribution in [2.45, 2.75) is 38.1 Å². The maximum absolute atomic E-state index is 12.6. The van der Waals surface area contributed by atoms with Gasteiger partial charge in [0.15, 0.2) is 0 Å². The lowest BCUT2D eigenvalue weighted by molar-refractivity contribution is 0.258. The van der Waals surface area contributed by atoms with Crippen LogP contribution in [0.25, 0.3) is 0 Å². The first-order valence-corrected chi connectivity index (χ1v) is 8.01. The van der Waals surface area contributed by atoms with Crippen LogP contribution in [0, 0.1) is 6.92 Å². The summed E-state index contributed by atoms with van der Waals surface area (Å²) in [6.07, 6.45) is 0.421. The van der Waals surface area contributed by atoms with Crippen molar-refractivity contribution in [2.75, 3.05) is 13.2 Å². The summed E-state index contributed by atoms with van der Waals surface area (Å²) in [4.78, 5) is 0.267. The minimum absolute atomic E-state index is 0.0294. The van der Waals surface area contributed by atoms with Gasteiger partial charge in [0, 0.05) is 24.2 Å². The van der Waals surface area contributed by atoms with E-state index in [-0.39, 0.29) is 17.5 Å². The number of aliphatic hydroxyl groups excluding tert-OH is 1. The van der Waals surface area contributed by atoms with Gasteiger partial charge in [-0.05, 0) is 51.0 Å². The fourth-order valence-corrected chi connectivity index (χ4v) is 4.02. The molecule has 1 aromatic carbocycles. The van der Waals surface area contributed by atoms with E-state index in [4.69, 9.17) is 16.7 Å². The SMILES string of the molecule is Cc1cc(Cl)ccc1S(=O)(=O)N(CCCO)C(C)C. The van der Waals surface area contributed by atoms with Crippen LogP contribution in [0.1, 0.15) is 25.8 Å². The molecule has 0 atom stereocenters. The van der Waals surface area contributed by atoms with Gasteiger partial charge in [0.25, 0.3) is 0 Å². The van der Waals surface area contributed by atoms with Crippen LogP contribution in [0.2, 0.25) is 5.02 Å². The molecule has 0 aliphatic rings. The first-order valence-electron chi connectivity index (χ1n) is 6.19. The molecule has 0 fully saturated rings.